The molecule has 2 unspecified atom stereocenters. The number of nitrogens with two attached hydrogens (primary N) is 1. The maximum atomic E-state index is 12.1. The number of amides is 1. The number of hydrogen-bond donors (Lipinski definition) is 2. The van der Waals surface area contributed by atoms with Crippen LogP contribution in [0, 0.1) is 19.8 Å². The highest BCUT2D eigenvalue weighted by atomic mass is 35.5. The highest BCUT2D eigenvalue weighted by molar-refractivity contribution is 5.85. The van der Waals surface area contributed by atoms with Crippen LogP contribution in [0.2, 0.25) is 0 Å². The number of aryl methyl sites for hydroxylation is 2. The van der Waals surface area contributed by atoms with Crippen molar-refractivity contribution in [3.05, 3.63) is 17.0 Å². The lowest BCUT2D eigenvalue weighted by Crippen LogP contribution is -2.38. The minimum absolute atomic E-state index is 0. The number of nitrogens with zero attached hydrogens (tertiary/aromatic N) is 2. The Morgan fingerprint density at radius 2 is 2.14 bits per heavy atom. The molecule has 1 aliphatic carbocycles. The van der Waals surface area contributed by atoms with E-state index in [2.05, 4.69) is 17.3 Å². The molecule has 1 heterocycles. The molecule has 2 atom stereocenters. The summed E-state index contributed by atoms with van der Waals surface area (Å²) in [6.07, 6.45) is 4.77. The van der Waals surface area contributed by atoms with Gasteiger partial charge in [0.05, 0.1) is 5.69 Å². The third-order valence-corrected chi connectivity index (χ3v) is 4.42. The van der Waals surface area contributed by atoms with Crippen molar-refractivity contribution >= 4 is 18.3 Å². The van der Waals surface area contributed by atoms with E-state index in [1.807, 2.05) is 18.7 Å². The summed E-state index contributed by atoms with van der Waals surface area (Å²) < 4.78 is 1.90. The Labute approximate surface area is 133 Å². The Kier molecular flexibility index (Phi) is 6.68. The summed E-state index contributed by atoms with van der Waals surface area (Å²) in [5.41, 5.74) is 9.41. The molecule has 5 nitrogen and oxygen atoms in total. The monoisotopic (exact) mass is 314 g/mol. The zero-order valence-corrected chi connectivity index (χ0v) is 14.0. The molecule has 0 aliphatic heterocycles. The SMILES string of the molecule is Cc1nn(C)c(C)c1CCNC(=O)C1CCCC(N)C1.Cl. The minimum atomic E-state index is 0. The van der Waals surface area contributed by atoms with Crippen LogP contribution in [0.15, 0.2) is 0 Å². The molecule has 1 aromatic heterocycles. The fourth-order valence-electron chi connectivity index (χ4n) is 3.10. The van der Waals surface area contributed by atoms with Crippen LogP contribution >= 0.6 is 12.4 Å². The molecule has 6 heteroatoms. The molecule has 2 rings (SSSR count). The second kappa shape index (κ2) is 7.80. The van der Waals surface area contributed by atoms with Crippen LogP contribution in [0.5, 0.6) is 0 Å². The van der Waals surface area contributed by atoms with E-state index >= 15 is 0 Å². The summed E-state index contributed by atoms with van der Waals surface area (Å²) in [5.74, 6) is 0.272. The van der Waals surface area contributed by atoms with Gasteiger partial charge in [0.1, 0.15) is 0 Å². The lowest BCUT2D eigenvalue weighted by Gasteiger charge is -2.25. The minimum Gasteiger partial charge on any atom is -0.356 e. The maximum Gasteiger partial charge on any atom is 0.223 e. The quantitative estimate of drug-likeness (QED) is 0.887. The van der Waals surface area contributed by atoms with Crippen molar-refractivity contribution in [2.75, 3.05) is 6.54 Å². The third kappa shape index (κ3) is 4.45. The van der Waals surface area contributed by atoms with Gasteiger partial charge < -0.3 is 11.1 Å². The number of halogens is 1. The molecule has 0 aromatic carbocycles. The number of carbonyl (C=O) groups is 1. The topological polar surface area (TPSA) is 72.9 Å². The van der Waals surface area contributed by atoms with Crippen LogP contribution in [-0.4, -0.2) is 28.3 Å². The van der Waals surface area contributed by atoms with E-state index in [4.69, 9.17) is 5.73 Å². The van der Waals surface area contributed by atoms with E-state index in [9.17, 15) is 4.79 Å². The lowest BCUT2D eigenvalue weighted by molar-refractivity contribution is -0.126. The first-order valence-corrected chi connectivity index (χ1v) is 7.51. The van der Waals surface area contributed by atoms with E-state index in [1.165, 1.54) is 11.3 Å². The van der Waals surface area contributed by atoms with Gasteiger partial charge in [0, 0.05) is 31.2 Å². The summed E-state index contributed by atoms with van der Waals surface area (Å²) in [6, 6.07) is 0.197. The summed E-state index contributed by atoms with van der Waals surface area (Å²) in [4.78, 5) is 12.1. The van der Waals surface area contributed by atoms with Gasteiger partial charge in [-0.1, -0.05) is 6.42 Å². The van der Waals surface area contributed by atoms with E-state index in [-0.39, 0.29) is 30.3 Å². The van der Waals surface area contributed by atoms with Crippen molar-refractivity contribution in [2.45, 2.75) is 52.0 Å². The molecule has 1 saturated carbocycles. The average Bonchev–Trinajstić information content (AvgIpc) is 2.65. The molecule has 0 saturated heterocycles. The van der Waals surface area contributed by atoms with Crippen molar-refractivity contribution in [3.63, 3.8) is 0 Å². The van der Waals surface area contributed by atoms with Crippen LogP contribution in [0.3, 0.4) is 0 Å². The van der Waals surface area contributed by atoms with Gasteiger partial charge in [0.15, 0.2) is 0 Å². The number of hydrogen-bond acceptors (Lipinski definition) is 3. The maximum absolute atomic E-state index is 12.1. The van der Waals surface area contributed by atoms with Gasteiger partial charge in [0.25, 0.3) is 0 Å². The van der Waals surface area contributed by atoms with Crippen LogP contribution in [0.4, 0.5) is 0 Å². The summed E-state index contributed by atoms with van der Waals surface area (Å²) in [7, 11) is 1.95. The number of carbonyl (C=O) groups excluding carboxylic acids is 1. The van der Waals surface area contributed by atoms with Gasteiger partial charge in [-0.3, -0.25) is 9.48 Å². The second-order valence-corrected chi connectivity index (χ2v) is 5.94. The predicted octanol–water partition coefficient (Wildman–Crippen LogP) is 1.63. The molecular formula is C15H27ClN4O. The molecule has 1 fully saturated rings. The van der Waals surface area contributed by atoms with Gasteiger partial charge >= 0.3 is 0 Å². The molecule has 3 N–H and O–H groups in total. The molecule has 21 heavy (non-hydrogen) atoms. The highest BCUT2D eigenvalue weighted by Crippen LogP contribution is 2.23. The highest BCUT2D eigenvalue weighted by Gasteiger charge is 2.25. The summed E-state index contributed by atoms with van der Waals surface area (Å²) >= 11 is 0. The Morgan fingerprint density at radius 3 is 2.71 bits per heavy atom. The molecule has 1 aromatic rings. The first-order chi connectivity index (χ1) is 9.49. The van der Waals surface area contributed by atoms with Gasteiger partial charge in [0.2, 0.25) is 5.91 Å². The smallest absolute Gasteiger partial charge is 0.223 e. The fourth-order valence-corrected chi connectivity index (χ4v) is 3.10. The molecular weight excluding hydrogens is 288 g/mol. The Balaban J connectivity index is 0.00000220. The summed E-state index contributed by atoms with van der Waals surface area (Å²) in [5, 5.41) is 7.45. The number of nitrogens with one attached hydrogen (secondary N) is 1. The number of aromatic nitrogens is 2. The molecule has 0 bridgehead atoms. The van der Waals surface area contributed by atoms with Gasteiger partial charge in [-0.15, -0.1) is 12.4 Å². The van der Waals surface area contributed by atoms with Crippen LogP contribution in [0.25, 0.3) is 0 Å². The first-order valence-electron chi connectivity index (χ1n) is 7.51. The molecule has 120 valence electrons. The zero-order chi connectivity index (χ0) is 14.7. The van der Waals surface area contributed by atoms with E-state index in [0.29, 0.717) is 6.54 Å². The summed E-state index contributed by atoms with van der Waals surface area (Å²) in [6.45, 7) is 4.76. The Bertz CT molecular complexity index is 486. The largest absolute Gasteiger partial charge is 0.356 e. The Hall–Kier alpha value is -1.07. The fraction of sp³-hybridized carbons (Fsp3) is 0.733. The van der Waals surface area contributed by atoms with Crippen molar-refractivity contribution in [2.24, 2.45) is 18.7 Å². The van der Waals surface area contributed by atoms with Gasteiger partial charge in [-0.2, -0.15) is 5.10 Å². The first kappa shape index (κ1) is 18.0. The van der Waals surface area contributed by atoms with Crippen molar-refractivity contribution < 1.29 is 4.79 Å². The van der Waals surface area contributed by atoms with Crippen LogP contribution in [0.1, 0.15) is 42.6 Å². The average molecular weight is 315 g/mol. The van der Waals surface area contributed by atoms with Crippen LogP contribution < -0.4 is 11.1 Å². The Morgan fingerprint density at radius 1 is 1.43 bits per heavy atom. The van der Waals surface area contributed by atoms with E-state index in [1.54, 1.807) is 0 Å². The number of rotatable bonds is 4. The van der Waals surface area contributed by atoms with E-state index < -0.39 is 0 Å². The normalized spacial score (nSPS) is 21.7. The van der Waals surface area contributed by atoms with Crippen molar-refractivity contribution in [1.82, 2.24) is 15.1 Å². The van der Waals surface area contributed by atoms with Crippen LogP contribution in [-0.2, 0) is 18.3 Å². The molecule has 1 aliphatic rings. The van der Waals surface area contributed by atoms with Crippen molar-refractivity contribution in [3.8, 4) is 0 Å². The van der Waals surface area contributed by atoms with E-state index in [0.717, 1.165) is 37.8 Å². The zero-order valence-electron chi connectivity index (χ0n) is 13.2. The molecule has 1 amide bonds. The predicted molar refractivity (Wildman–Crippen MR) is 86.6 cm³/mol. The van der Waals surface area contributed by atoms with Gasteiger partial charge in [-0.05, 0) is 45.1 Å². The standard InChI is InChI=1S/C15H26N4O.ClH/c1-10-14(11(2)19(3)18-10)7-8-17-15(20)12-5-4-6-13(16)9-12;/h12-13H,4-9,16H2,1-3H3,(H,17,20);1H. The lowest BCUT2D eigenvalue weighted by atomic mass is 9.85. The second-order valence-electron chi connectivity index (χ2n) is 5.94. The van der Waals surface area contributed by atoms with Crippen molar-refractivity contribution in [1.29, 1.82) is 0 Å². The molecule has 0 spiro atoms. The third-order valence-electron chi connectivity index (χ3n) is 4.42. The molecule has 0 radical (unpaired) electrons. The van der Waals surface area contributed by atoms with Gasteiger partial charge in [-0.25, -0.2) is 0 Å².